The zero-order valence-electron chi connectivity index (χ0n) is 31.2. The zero-order valence-corrected chi connectivity index (χ0v) is 31.2. The predicted molar refractivity (Wildman–Crippen MR) is 208 cm³/mol. The van der Waals surface area contributed by atoms with E-state index in [2.05, 4.69) is 13.2 Å². The van der Waals surface area contributed by atoms with Crippen LogP contribution in [0.25, 0.3) is 17.2 Å². The molecular formula is C45H44O10. The van der Waals surface area contributed by atoms with Gasteiger partial charge in [-0.15, -0.1) is 0 Å². The van der Waals surface area contributed by atoms with Crippen molar-refractivity contribution in [1.29, 1.82) is 0 Å². The standard InChI is InChI=1S/C45H44O10/c1-29(2)43(47)52-28-32(27-50-5)24-25-51-37-17-13-34(14-18-37)33-9-6-31(7-10-33)8-23-42(46)55-41-22-21-39(26-40(41)35-11-12-35)54-45(49)36-15-19-38(20-16-36)53-44(48)30(3)4/h6-10,13-23,26,32,35H,1,3,11-12,24-25,27-28H2,2,4-5H3/b23-8+. The van der Waals surface area contributed by atoms with E-state index in [4.69, 9.17) is 28.4 Å². The minimum atomic E-state index is -0.579. The molecule has 0 aromatic heterocycles. The fourth-order valence-corrected chi connectivity index (χ4v) is 5.36. The van der Waals surface area contributed by atoms with Crippen molar-refractivity contribution >= 4 is 30.0 Å². The SMILES string of the molecule is C=C(C)C(=O)OCC(CCOc1ccc(-c2ccc(/C=C/C(=O)Oc3ccc(OC(=O)c4ccc(OC(=O)C(=C)C)cc4)cc3C3CC3)cc2)cc1)COC. The Kier molecular flexibility index (Phi) is 13.9. The van der Waals surface area contributed by atoms with Crippen LogP contribution in [0.15, 0.2) is 121 Å². The van der Waals surface area contributed by atoms with Crippen molar-refractivity contribution in [2.75, 3.05) is 26.9 Å². The first kappa shape index (κ1) is 39.9. The van der Waals surface area contributed by atoms with Crippen LogP contribution in [0.1, 0.15) is 60.5 Å². The summed E-state index contributed by atoms with van der Waals surface area (Å²) in [6, 6.07) is 26.5. The number of carbonyl (C=O) groups is 4. The molecule has 1 atom stereocenters. The Morgan fingerprint density at radius 3 is 1.96 bits per heavy atom. The molecule has 0 N–H and O–H groups in total. The lowest BCUT2D eigenvalue weighted by atomic mass is 10.0. The van der Waals surface area contributed by atoms with E-state index in [1.807, 2.05) is 48.5 Å². The van der Waals surface area contributed by atoms with E-state index in [1.54, 1.807) is 45.2 Å². The Balaban J connectivity index is 1.11. The van der Waals surface area contributed by atoms with Crippen LogP contribution in [0.3, 0.4) is 0 Å². The molecule has 0 radical (unpaired) electrons. The van der Waals surface area contributed by atoms with E-state index in [1.165, 1.54) is 30.3 Å². The molecule has 1 saturated carbocycles. The van der Waals surface area contributed by atoms with Crippen molar-refractivity contribution in [2.24, 2.45) is 5.92 Å². The van der Waals surface area contributed by atoms with Crippen LogP contribution in [0.2, 0.25) is 0 Å². The van der Waals surface area contributed by atoms with Crippen LogP contribution >= 0.6 is 0 Å². The van der Waals surface area contributed by atoms with Gasteiger partial charge in [-0.2, -0.15) is 0 Å². The van der Waals surface area contributed by atoms with E-state index in [-0.39, 0.29) is 35.3 Å². The Hall–Kier alpha value is -6.26. The Bertz CT molecular complexity index is 2040. The molecular weight excluding hydrogens is 700 g/mol. The van der Waals surface area contributed by atoms with Crippen LogP contribution in [0, 0.1) is 5.92 Å². The average Bonchev–Trinajstić information content (AvgIpc) is 4.03. The number of hydrogen-bond donors (Lipinski definition) is 0. The number of benzene rings is 4. The summed E-state index contributed by atoms with van der Waals surface area (Å²) in [7, 11) is 1.61. The molecule has 10 heteroatoms. The van der Waals surface area contributed by atoms with Gasteiger partial charge in [-0.3, -0.25) is 0 Å². The summed E-state index contributed by atoms with van der Waals surface area (Å²) in [5.74, 6) is -0.0979. The highest BCUT2D eigenvalue weighted by Crippen LogP contribution is 2.45. The molecule has 1 aliphatic rings. The highest BCUT2D eigenvalue weighted by molar-refractivity contribution is 5.92. The van der Waals surface area contributed by atoms with Gasteiger partial charge >= 0.3 is 23.9 Å². The molecule has 0 heterocycles. The largest absolute Gasteiger partial charge is 0.494 e. The Labute approximate surface area is 321 Å². The number of rotatable bonds is 18. The van der Waals surface area contributed by atoms with Crippen molar-refractivity contribution in [3.05, 3.63) is 138 Å². The van der Waals surface area contributed by atoms with Crippen molar-refractivity contribution in [2.45, 2.75) is 39.0 Å². The number of ether oxygens (including phenoxy) is 6. The molecule has 1 fully saturated rings. The van der Waals surface area contributed by atoms with Gasteiger partial charge in [0, 0.05) is 35.8 Å². The third-order valence-electron chi connectivity index (χ3n) is 8.57. The van der Waals surface area contributed by atoms with Gasteiger partial charge in [0.15, 0.2) is 0 Å². The van der Waals surface area contributed by atoms with Crippen molar-refractivity contribution in [1.82, 2.24) is 0 Å². The zero-order chi connectivity index (χ0) is 39.3. The van der Waals surface area contributed by atoms with Gasteiger partial charge in [0.25, 0.3) is 0 Å². The maximum atomic E-state index is 12.8. The quantitative estimate of drug-likeness (QED) is 0.0555. The summed E-state index contributed by atoms with van der Waals surface area (Å²) in [5, 5.41) is 0. The third-order valence-corrected chi connectivity index (χ3v) is 8.57. The van der Waals surface area contributed by atoms with Crippen LogP contribution in [-0.4, -0.2) is 50.8 Å². The molecule has 0 amide bonds. The lowest BCUT2D eigenvalue weighted by molar-refractivity contribution is -0.141. The van der Waals surface area contributed by atoms with Crippen LogP contribution < -0.4 is 18.9 Å². The molecule has 0 aliphatic heterocycles. The Morgan fingerprint density at radius 1 is 0.727 bits per heavy atom. The maximum absolute atomic E-state index is 12.8. The lowest BCUT2D eigenvalue weighted by Gasteiger charge is -2.16. The number of methoxy groups -OCH3 is 1. The Morgan fingerprint density at radius 2 is 1.35 bits per heavy atom. The van der Waals surface area contributed by atoms with E-state index in [0.29, 0.717) is 36.7 Å². The molecule has 4 aromatic rings. The molecule has 284 valence electrons. The molecule has 55 heavy (non-hydrogen) atoms. The van der Waals surface area contributed by atoms with Crippen LogP contribution in [0.4, 0.5) is 0 Å². The fourth-order valence-electron chi connectivity index (χ4n) is 5.36. The third kappa shape index (κ3) is 12.1. The molecule has 10 nitrogen and oxygen atoms in total. The molecule has 1 unspecified atom stereocenters. The number of carbonyl (C=O) groups excluding carboxylic acids is 4. The number of esters is 4. The minimum Gasteiger partial charge on any atom is -0.494 e. The van der Waals surface area contributed by atoms with E-state index in [9.17, 15) is 19.2 Å². The van der Waals surface area contributed by atoms with Crippen molar-refractivity contribution in [3.63, 3.8) is 0 Å². The topological polar surface area (TPSA) is 124 Å². The van der Waals surface area contributed by atoms with Crippen LogP contribution in [-0.2, 0) is 23.9 Å². The lowest BCUT2D eigenvalue weighted by Crippen LogP contribution is -2.21. The van der Waals surface area contributed by atoms with Gasteiger partial charge < -0.3 is 28.4 Å². The first-order valence-corrected chi connectivity index (χ1v) is 17.9. The second kappa shape index (κ2) is 19.2. The van der Waals surface area contributed by atoms with E-state index < -0.39 is 23.9 Å². The predicted octanol–water partition coefficient (Wildman–Crippen LogP) is 8.70. The molecule has 0 saturated heterocycles. The smallest absolute Gasteiger partial charge is 0.343 e. The van der Waals surface area contributed by atoms with Gasteiger partial charge in [0.05, 0.1) is 25.4 Å². The summed E-state index contributed by atoms with van der Waals surface area (Å²) in [5.41, 5.74) is 4.54. The second-order valence-corrected chi connectivity index (χ2v) is 13.3. The highest BCUT2D eigenvalue weighted by atomic mass is 16.5. The van der Waals surface area contributed by atoms with Crippen molar-refractivity contribution < 1.29 is 47.6 Å². The first-order chi connectivity index (χ1) is 26.5. The van der Waals surface area contributed by atoms with Gasteiger partial charge in [0.2, 0.25) is 0 Å². The number of hydrogen-bond acceptors (Lipinski definition) is 10. The van der Waals surface area contributed by atoms with Gasteiger partial charge in [-0.1, -0.05) is 49.6 Å². The molecule has 0 spiro atoms. The van der Waals surface area contributed by atoms with Gasteiger partial charge in [-0.05, 0) is 116 Å². The van der Waals surface area contributed by atoms with Gasteiger partial charge in [-0.25, -0.2) is 19.2 Å². The van der Waals surface area contributed by atoms with Crippen molar-refractivity contribution in [3.8, 4) is 34.1 Å². The molecule has 4 aromatic carbocycles. The summed E-state index contributed by atoms with van der Waals surface area (Å²) < 4.78 is 32.9. The summed E-state index contributed by atoms with van der Waals surface area (Å²) in [6.45, 7) is 11.4. The fraction of sp³-hybridized carbons (Fsp3) is 0.244. The minimum absolute atomic E-state index is 0.00799. The highest BCUT2D eigenvalue weighted by Gasteiger charge is 2.28. The van der Waals surface area contributed by atoms with E-state index in [0.717, 1.165) is 40.8 Å². The monoisotopic (exact) mass is 744 g/mol. The van der Waals surface area contributed by atoms with Crippen LogP contribution in [0.5, 0.6) is 23.0 Å². The summed E-state index contributed by atoms with van der Waals surface area (Å²) in [6.07, 6.45) is 5.61. The molecule has 5 rings (SSSR count). The normalized spacial score (nSPS) is 12.7. The summed E-state index contributed by atoms with van der Waals surface area (Å²) in [4.78, 5) is 49.1. The average molecular weight is 745 g/mol. The summed E-state index contributed by atoms with van der Waals surface area (Å²) >= 11 is 0. The van der Waals surface area contributed by atoms with Gasteiger partial charge in [0.1, 0.15) is 23.0 Å². The van der Waals surface area contributed by atoms with E-state index >= 15 is 0 Å². The molecule has 1 aliphatic carbocycles. The first-order valence-electron chi connectivity index (χ1n) is 17.9. The second-order valence-electron chi connectivity index (χ2n) is 13.3. The molecule has 0 bridgehead atoms. The maximum Gasteiger partial charge on any atom is 0.343 e.